The molecule has 1 saturated heterocycles. The Bertz CT molecular complexity index is 511. The first-order chi connectivity index (χ1) is 8.84. The number of aryl methyl sites for hydroxylation is 1. The molecule has 0 saturated carbocycles. The Morgan fingerprint density at radius 2 is 2.28 bits per heavy atom. The van der Waals surface area contributed by atoms with Crippen LogP contribution in [-0.4, -0.2) is 46.3 Å². The molecule has 0 aliphatic carbocycles. The third-order valence-electron chi connectivity index (χ3n) is 3.06. The number of nitrogens with zero attached hydrogens (tertiary/aromatic N) is 4. The van der Waals surface area contributed by atoms with Gasteiger partial charge in [0.05, 0.1) is 16.1 Å². The first kappa shape index (κ1) is 11.6. The standard InChI is InChI=1S/C11H16N6S/c1-8-9(18-7-13-8)10-14-11(16-15-10)17-5-2-3-12-4-6-17/h7,12H,2-6H2,1H3,(H,14,15,16). The molecule has 0 atom stereocenters. The quantitative estimate of drug-likeness (QED) is 0.848. The van der Waals surface area contributed by atoms with Crippen molar-refractivity contribution < 1.29 is 0 Å². The van der Waals surface area contributed by atoms with Crippen LogP contribution in [0, 0.1) is 6.92 Å². The molecule has 0 aromatic carbocycles. The van der Waals surface area contributed by atoms with Gasteiger partial charge in [0.1, 0.15) is 0 Å². The Morgan fingerprint density at radius 1 is 1.33 bits per heavy atom. The zero-order chi connectivity index (χ0) is 12.4. The molecule has 0 amide bonds. The van der Waals surface area contributed by atoms with Gasteiger partial charge in [0, 0.05) is 19.6 Å². The SMILES string of the molecule is Cc1ncsc1-c1nc(N2CCCNCC2)n[nH]1. The van der Waals surface area contributed by atoms with Gasteiger partial charge in [-0.2, -0.15) is 4.98 Å². The van der Waals surface area contributed by atoms with Crippen LogP contribution in [0.3, 0.4) is 0 Å². The summed E-state index contributed by atoms with van der Waals surface area (Å²) in [5.74, 6) is 1.61. The van der Waals surface area contributed by atoms with Crippen LogP contribution in [0.25, 0.3) is 10.7 Å². The van der Waals surface area contributed by atoms with Crippen molar-refractivity contribution in [1.29, 1.82) is 0 Å². The molecule has 0 bridgehead atoms. The summed E-state index contributed by atoms with van der Waals surface area (Å²) in [7, 11) is 0. The van der Waals surface area contributed by atoms with E-state index in [-0.39, 0.29) is 0 Å². The number of aromatic amines is 1. The van der Waals surface area contributed by atoms with Crippen LogP contribution in [0.4, 0.5) is 5.95 Å². The van der Waals surface area contributed by atoms with Crippen molar-refractivity contribution in [3.63, 3.8) is 0 Å². The largest absolute Gasteiger partial charge is 0.338 e. The summed E-state index contributed by atoms with van der Waals surface area (Å²) in [6, 6.07) is 0. The molecule has 6 nitrogen and oxygen atoms in total. The molecule has 2 aromatic rings. The average Bonchev–Trinajstić information content (AvgIpc) is 2.91. The Labute approximate surface area is 109 Å². The lowest BCUT2D eigenvalue weighted by Crippen LogP contribution is -2.28. The molecule has 18 heavy (non-hydrogen) atoms. The Balaban J connectivity index is 1.82. The van der Waals surface area contributed by atoms with Gasteiger partial charge in [-0.05, 0) is 19.9 Å². The lowest BCUT2D eigenvalue weighted by atomic mass is 10.4. The van der Waals surface area contributed by atoms with Gasteiger partial charge in [-0.1, -0.05) is 0 Å². The summed E-state index contributed by atoms with van der Waals surface area (Å²) >= 11 is 1.59. The molecule has 96 valence electrons. The van der Waals surface area contributed by atoms with Gasteiger partial charge in [0.25, 0.3) is 0 Å². The van der Waals surface area contributed by atoms with Gasteiger partial charge < -0.3 is 10.2 Å². The highest BCUT2D eigenvalue weighted by molar-refractivity contribution is 7.13. The van der Waals surface area contributed by atoms with Crippen LogP contribution in [0.15, 0.2) is 5.51 Å². The van der Waals surface area contributed by atoms with Crippen LogP contribution in [0.1, 0.15) is 12.1 Å². The van der Waals surface area contributed by atoms with Gasteiger partial charge in [-0.3, -0.25) is 5.10 Å². The average molecular weight is 264 g/mol. The molecule has 1 fully saturated rings. The topological polar surface area (TPSA) is 69.7 Å². The molecule has 0 spiro atoms. The second kappa shape index (κ2) is 5.03. The third kappa shape index (κ3) is 2.23. The van der Waals surface area contributed by atoms with Crippen molar-refractivity contribution >= 4 is 17.3 Å². The molecule has 3 heterocycles. The Hall–Kier alpha value is -1.47. The predicted molar refractivity (Wildman–Crippen MR) is 71.9 cm³/mol. The highest BCUT2D eigenvalue weighted by Crippen LogP contribution is 2.25. The Kier molecular flexibility index (Phi) is 3.24. The fraction of sp³-hybridized carbons (Fsp3) is 0.545. The van der Waals surface area contributed by atoms with Crippen molar-refractivity contribution in [1.82, 2.24) is 25.5 Å². The van der Waals surface area contributed by atoms with Crippen LogP contribution in [0.5, 0.6) is 0 Å². The van der Waals surface area contributed by atoms with Crippen molar-refractivity contribution in [3.8, 4) is 10.7 Å². The zero-order valence-corrected chi connectivity index (χ0v) is 11.1. The van der Waals surface area contributed by atoms with E-state index in [1.165, 1.54) is 0 Å². The summed E-state index contributed by atoms with van der Waals surface area (Å²) in [5.41, 5.74) is 2.84. The first-order valence-corrected chi connectivity index (χ1v) is 7.01. The smallest absolute Gasteiger partial charge is 0.245 e. The minimum atomic E-state index is 0.793. The van der Waals surface area contributed by atoms with Gasteiger partial charge in [-0.15, -0.1) is 16.4 Å². The maximum absolute atomic E-state index is 4.58. The van der Waals surface area contributed by atoms with Crippen LogP contribution >= 0.6 is 11.3 Å². The fourth-order valence-electron chi connectivity index (χ4n) is 2.07. The minimum absolute atomic E-state index is 0.793. The van der Waals surface area contributed by atoms with E-state index in [4.69, 9.17) is 0 Å². The van der Waals surface area contributed by atoms with Gasteiger partial charge >= 0.3 is 0 Å². The van der Waals surface area contributed by atoms with Gasteiger partial charge in [0.15, 0.2) is 5.82 Å². The Morgan fingerprint density at radius 3 is 3.11 bits per heavy atom. The van der Waals surface area contributed by atoms with E-state index in [1.807, 2.05) is 12.4 Å². The van der Waals surface area contributed by atoms with Gasteiger partial charge in [-0.25, -0.2) is 4.98 Å². The molecule has 0 unspecified atom stereocenters. The summed E-state index contributed by atoms with van der Waals surface area (Å²) in [5, 5.41) is 10.7. The van der Waals surface area contributed by atoms with E-state index in [9.17, 15) is 0 Å². The van der Waals surface area contributed by atoms with E-state index in [0.717, 1.165) is 54.9 Å². The van der Waals surface area contributed by atoms with Crippen molar-refractivity contribution in [2.75, 3.05) is 31.1 Å². The summed E-state index contributed by atoms with van der Waals surface area (Å²) in [6.45, 7) is 6.01. The zero-order valence-electron chi connectivity index (χ0n) is 10.3. The molecule has 7 heteroatoms. The molecule has 2 N–H and O–H groups in total. The highest BCUT2D eigenvalue weighted by Gasteiger charge is 2.16. The molecule has 0 radical (unpaired) electrons. The molecular weight excluding hydrogens is 248 g/mol. The summed E-state index contributed by atoms with van der Waals surface area (Å²) < 4.78 is 0. The van der Waals surface area contributed by atoms with Crippen LogP contribution in [-0.2, 0) is 0 Å². The predicted octanol–water partition coefficient (Wildman–Crippen LogP) is 1.04. The monoisotopic (exact) mass is 264 g/mol. The second-order valence-corrected chi connectivity index (χ2v) is 5.20. The minimum Gasteiger partial charge on any atom is -0.338 e. The fourth-order valence-corrected chi connectivity index (χ4v) is 2.81. The van der Waals surface area contributed by atoms with E-state index in [1.54, 1.807) is 11.3 Å². The van der Waals surface area contributed by atoms with Crippen molar-refractivity contribution in [2.45, 2.75) is 13.3 Å². The maximum Gasteiger partial charge on any atom is 0.245 e. The lowest BCUT2D eigenvalue weighted by Gasteiger charge is -2.16. The number of aromatic nitrogens is 4. The number of hydrogen-bond acceptors (Lipinski definition) is 6. The number of thiazole rings is 1. The van der Waals surface area contributed by atoms with E-state index in [2.05, 4.69) is 30.4 Å². The van der Waals surface area contributed by atoms with E-state index < -0.39 is 0 Å². The molecule has 2 aromatic heterocycles. The number of anilines is 1. The normalized spacial score (nSPS) is 16.8. The number of nitrogens with one attached hydrogen (secondary N) is 2. The lowest BCUT2D eigenvalue weighted by molar-refractivity contribution is 0.724. The first-order valence-electron chi connectivity index (χ1n) is 6.13. The number of H-pyrrole nitrogens is 1. The molecule has 1 aliphatic heterocycles. The number of hydrogen-bond donors (Lipinski definition) is 2. The van der Waals surface area contributed by atoms with E-state index in [0.29, 0.717) is 0 Å². The summed E-state index contributed by atoms with van der Waals surface area (Å²) in [4.78, 5) is 12.1. The van der Waals surface area contributed by atoms with Crippen LogP contribution in [0.2, 0.25) is 0 Å². The molecular formula is C11H16N6S. The summed E-state index contributed by atoms with van der Waals surface area (Å²) in [6.07, 6.45) is 1.13. The van der Waals surface area contributed by atoms with Gasteiger partial charge in [0.2, 0.25) is 5.95 Å². The maximum atomic E-state index is 4.58. The number of rotatable bonds is 2. The van der Waals surface area contributed by atoms with Crippen molar-refractivity contribution in [3.05, 3.63) is 11.2 Å². The van der Waals surface area contributed by atoms with E-state index >= 15 is 0 Å². The second-order valence-electron chi connectivity index (χ2n) is 4.34. The van der Waals surface area contributed by atoms with Crippen molar-refractivity contribution in [2.24, 2.45) is 0 Å². The highest BCUT2D eigenvalue weighted by atomic mass is 32.1. The third-order valence-corrected chi connectivity index (χ3v) is 3.99. The molecule has 1 aliphatic rings. The molecule has 3 rings (SSSR count). The van der Waals surface area contributed by atoms with Crippen LogP contribution < -0.4 is 10.2 Å².